The Morgan fingerprint density at radius 3 is 2.36 bits per heavy atom. The highest BCUT2D eigenvalue weighted by Crippen LogP contribution is 2.41. The maximum absolute atomic E-state index is 13.0. The molecule has 0 fully saturated rings. The summed E-state index contributed by atoms with van der Waals surface area (Å²) in [7, 11) is -0.977. The molecular weight excluding hydrogens is 490 g/mol. The second-order valence-corrected chi connectivity index (χ2v) is 10.7. The van der Waals surface area contributed by atoms with Gasteiger partial charge in [-0.15, -0.1) is 0 Å². The van der Waals surface area contributed by atoms with Gasteiger partial charge < -0.3 is 24.1 Å². The van der Waals surface area contributed by atoms with Crippen LogP contribution in [0.1, 0.15) is 49.5 Å². The Morgan fingerprint density at radius 2 is 1.81 bits per heavy atom. The van der Waals surface area contributed by atoms with Gasteiger partial charge in [-0.25, -0.2) is 13.1 Å². The molecule has 0 aliphatic carbocycles. The van der Waals surface area contributed by atoms with Crippen LogP contribution in [-0.4, -0.2) is 65.5 Å². The molecule has 0 saturated carbocycles. The van der Waals surface area contributed by atoms with Crippen molar-refractivity contribution in [2.24, 2.45) is 0 Å². The molecule has 1 unspecified atom stereocenters. The number of carbonyl (C=O) groups is 2. The molecule has 0 radical (unpaired) electrons. The predicted molar refractivity (Wildman–Crippen MR) is 133 cm³/mol. The van der Waals surface area contributed by atoms with E-state index in [9.17, 15) is 23.1 Å². The van der Waals surface area contributed by atoms with Crippen molar-refractivity contribution in [2.45, 2.75) is 44.0 Å². The lowest BCUT2D eigenvalue weighted by Crippen LogP contribution is -2.40. The first-order valence-electron chi connectivity index (χ1n) is 11.1. The number of nitrogens with one attached hydrogen (secondary N) is 1. The molecule has 1 atom stereocenters. The third kappa shape index (κ3) is 7.50. The highest BCUT2D eigenvalue weighted by atomic mass is 32.2. The van der Waals surface area contributed by atoms with Gasteiger partial charge in [-0.3, -0.25) is 9.59 Å². The van der Waals surface area contributed by atoms with Gasteiger partial charge in [-0.05, 0) is 63.6 Å². The van der Waals surface area contributed by atoms with Crippen LogP contribution in [0.15, 0.2) is 35.2 Å². The van der Waals surface area contributed by atoms with Crippen LogP contribution in [0.3, 0.4) is 0 Å². The number of aldehydes is 1. The number of methoxy groups -OCH3 is 2. The van der Waals surface area contributed by atoms with Crippen LogP contribution in [-0.2, 0) is 24.3 Å². The number of aliphatic carboxylic acids is 1. The van der Waals surface area contributed by atoms with Crippen LogP contribution in [0.5, 0.6) is 11.5 Å². The van der Waals surface area contributed by atoms with Crippen molar-refractivity contribution in [2.75, 3.05) is 34.2 Å². The van der Waals surface area contributed by atoms with Crippen LogP contribution in [0.4, 0.5) is 0 Å². The number of rotatable bonds is 13. The Balaban J connectivity index is 2.75. The molecule has 0 bridgehead atoms. The quantitative estimate of drug-likeness (QED) is 0.230. The number of ether oxygens (including phenoxy) is 4. The molecule has 11 heteroatoms. The van der Waals surface area contributed by atoms with Crippen molar-refractivity contribution in [1.82, 2.24) is 4.72 Å². The number of sulfonamides is 1. The van der Waals surface area contributed by atoms with Crippen LogP contribution < -0.4 is 14.2 Å². The zero-order chi connectivity index (χ0) is 27.1. The Bertz CT molecular complexity index is 1190. The molecule has 10 nitrogen and oxygen atoms in total. The van der Waals surface area contributed by atoms with E-state index in [0.29, 0.717) is 29.8 Å². The summed E-state index contributed by atoms with van der Waals surface area (Å²) < 4.78 is 50.2. The topological polar surface area (TPSA) is 137 Å². The maximum Gasteiger partial charge on any atom is 0.310 e. The van der Waals surface area contributed by atoms with Gasteiger partial charge in [0.15, 0.2) is 13.1 Å². The Labute approximate surface area is 211 Å². The average molecular weight is 524 g/mol. The molecule has 198 valence electrons. The Kier molecular flexibility index (Phi) is 10.00. The maximum atomic E-state index is 13.0. The fraction of sp³-hybridized carbons (Fsp3) is 0.440. The highest BCUT2D eigenvalue weighted by Gasteiger charge is 2.26. The van der Waals surface area contributed by atoms with Crippen LogP contribution in [0, 0.1) is 0 Å². The molecule has 36 heavy (non-hydrogen) atoms. The molecule has 2 rings (SSSR count). The van der Waals surface area contributed by atoms with E-state index >= 15 is 0 Å². The zero-order valence-corrected chi connectivity index (χ0v) is 22.1. The standard InChI is InChI=1S/C25H33NO9S/c1-16(24(28)29)17-11-18(14-27)23(35-15-34-10-9-32-5)21(12-17)20-13-19(7-8-22(20)33-6)36(30,31)26-25(2,3)4/h7-8,11-14,16,26H,9-10,15H2,1-6H3,(H,28,29). The number of carboxylic acids is 1. The number of hydrogen-bond acceptors (Lipinski definition) is 8. The van der Waals surface area contributed by atoms with Crippen molar-refractivity contribution in [3.8, 4) is 22.6 Å². The van der Waals surface area contributed by atoms with E-state index in [1.54, 1.807) is 26.8 Å². The summed E-state index contributed by atoms with van der Waals surface area (Å²) in [5, 5.41) is 9.55. The summed E-state index contributed by atoms with van der Waals surface area (Å²) in [5.74, 6) is -1.64. The minimum atomic E-state index is -3.92. The van der Waals surface area contributed by atoms with E-state index in [4.69, 9.17) is 18.9 Å². The van der Waals surface area contributed by atoms with Gasteiger partial charge in [0.05, 0.1) is 36.7 Å². The van der Waals surface area contributed by atoms with E-state index in [0.717, 1.165) is 0 Å². The second kappa shape index (κ2) is 12.3. The first-order valence-corrected chi connectivity index (χ1v) is 12.6. The molecule has 2 N–H and O–H groups in total. The third-order valence-corrected chi connectivity index (χ3v) is 6.82. The summed E-state index contributed by atoms with van der Waals surface area (Å²) in [6, 6.07) is 7.24. The summed E-state index contributed by atoms with van der Waals surface area (Å²) in [6.45, 7) is 6.99. The molecule has 0 aromatic heterocycles. The lowest BCUT2D eigenvalue weighted by atomic mass is 9.92. The zero-order valence-electron chi connectivity index (χ0n) is 21.3. The molecule has 0 aliphatic heterocycles. The van der Waals surface area contributed by atoms with Gasteiger partial charge >= 0.3 is 5.97 Å². The average Bonchev–Trinajstić information content (AvgIpc) is 2.81. The summed E-state index contributed by atoms with van der Waals surface area (Å²) >= 11 is 0. The summed E-state index contributed by atoms with van der Waals surface area (Å²) in [5.41, 5.74) is 0.254. The van der Waals surface area contributed by atoms with E-state index in [1.165, 1.54) is 45.4 Å². The normalized spacial score (nSPS) is 12.7. The molecule has 0 spiro atoms. The summed E-state index contributed by atoms with van der Waals surface area (Å²) in [6.07, 6.45) is 0.542. The molecule has 2 aromatic rings. The number of hydrogen-bond donors (Lipinski definition) is 2. The molecule has 0 amide bonds. The van der Waals surface area contributed by atoms with Crippen molar-refractivity contribution < 1.29 is 42.1 Å². The summed E-state index contributed by atoms with van der Waals surface area (Å²) in [4.78, 5) is 23.6. The number of carbonyl (C=O) groups excluding carboxylic acids is 1. The molecule has 0 aliphatic rings. The molecule has 0 heterocycles. The highest BCUT2D eigenvalue weighted by molar-refractivity contribution is 7.89. The van der Waals surface area contributed by atoms with Gasteiger partial charge in [0.1, 0.15) is 11.5 Å². The molecule has 0 saturated heterocycles. The van der Waals surface area contributed by atoms with Gasteiger partial charge in [-0.1, -0.05) is 0 Å². The number of carboxylic acid groups (broad SMARTS) is 1. The lowest BCUT2D eigenvalue weighted by Gasteiger charge is -2.22. The van der Waals surface area contributed by atoms with Gasteiger partial charge in [0.25, 0.3) is 0 Å². The van der Waals surface area contributed by atoms with Crippen LogP contribution in [0.2, 0.25) is 0 Å². The minimum absolute atomic E-state index is 0.0418. The fourth-order valence-corrected chi connectivity index (χ4v) is 4.79. The van der Waals surface area contributed by atoms with E-state index in [-0.39, 0.29) is 35.2 Å². The minimum Gasteiger partial charge on any atom is -0.496 e. The van der Waals surface area contributed by atoms with Gasteiger partial charge in [-0.2, -0.15) is 0 Å². The van der Waals surface area contributed by atoms with Crippen molar-refractivity contribution in [3.63, 3.8) is 0 Å². The second-order valence-electron chi connectivity index (χ2n) is 9.05. The monoisotopic (exact) mass is 523 g/mol. The van der Waals surface area contributed by atoms with Crippen molar-refractivity contribution in [1.29, 1.82) is 0 Å². The smallest absolute Gasteiger partial charge is 0.310 e. The van der Waals surface area contributed by atoms with Gasteiger partial charge in [0.2, 0.25) is 10.0 Å². The third-order valence-electron chi connectivity index (χ3n) is 5.07. The van der Waals surface area contributed by atoms with Crippen molar-refractivity contribution >= 4 is 22.3 Å². The van der Waals surface area contributed by atoms with Crippen LogP contribution >= 0.6 is 0 Å². The van der Waals surface area contributed by atoms with Gasteiger partial charge in [0, 0.05) is 23.8 Å². The van der Waals surface area contributed by atoms with E-state index in [2.05, 4.69) is 4.72 Å². The first kappa shape index (κ1) is 29.2. The molecular formula is C25H33NO9S. The lowest BCUT2D eigenvalue weighted by molar-refractivity contribution is -0.138. The number of benzene rings is 2. The van der Waals surface area contributed by atoms with Crippen LogP contribution in [0.25, 0.3) is 11.1 Å². The van der Waals surface area contributed by atoms with E-state index in [1.807, 2.05) is 0 Å². The first-order chi connectivity index (χ1) is 16.8. The SMILES string of the molecule is COCCOCOc1c(C=O)cc(C(C)C(=O)O)cc1-c1cc(S(=O)(=O)NC(C)(C)C)ccc1OC. The molecule has 2 aromatic carbocycles. The van der Waals surface area contributed by atoms with Crippen molar-refractivity contribution in [3.05, 3.63) is 41.5 Å². The predicted octanol–water partition coefficient (Wildman–Crippen LogP) is 3.44. The van der Waals surface area contributed by atoms with E-state index < -0.39 is 27.4 Å². The fourth-order valence-electron chi connectivity index (χ4n) is 3.34. The largest absolute Gasteiger partial charge is 0.496 e. The Morgan fingerprint density at radius 1 is 1.11 bits per heavy atom. The Hall–Kier alpha value is -2.99.